The van der Waals surface area contributed by atoms with Crippen LogP contribution >= 0.6 is 220 Å². The molecule has 2 aliphatic heterocycles. The number of benzene rings is 6. The van der Waals surface area contributed by atoms with Crippen LogP contribution in [0, 0.1) is 0 Å². The monoisotopic (exact) mass is 1690 g/mol. The second-order valence-electron chi connectivity index (χ2n) is 13.1. The average molecular weight is 1710 g/mol. The fourth-order valence-corrected chi connectivity index (χ4v) is 13.5. The van der Waals surface area contributed by atoms with Gasteiger partial charge in [-0.2, -0.15) is 0 Å². The molecule has 10 nitrogen and oxygen atoms in total. The van der Waals surface area contributed by atoms with Crippen LogP contribution in [0.2, 0.25) is 40.2 Å². The van der Waals surface area contributed by atoms with Crippen LogP contribution in [0.1, 0.15) is 20.7 Å². The van der Waals surface area contributed by atoms with Crippen LogP contribution < -0.4 is 21.1 Å². The first kappa shape index (κ1) is 56.8. The number of carboxylic acid groups (broad SMARTS) is 2. The SMILES string of the molecule is O=C(O)c1c(Cl)c(Cl)c(Cl)c(Cl)c1-c1c2cc(Br)c(=O)c(Br)c-2oc2c(Br)c(O)c(Br)cc12.O=C([O-])c1c(Cl)c(Cl)c(Cl)c(Cl)c1-c1c2cc(Br)c(=O)c(Br)c-2oc2c(Br)c([O-])c(Br)cc12.[Ba+2]. The van der Waals surface area contributed by atoms with E-state index in [1.165, 1.54) is 24.3 Å². The molecule has 0 aromatic heterocycles. The van der Waals surface area contributed by atoms with Gasteiger partial charge in [-0.05, 0) is 136 Å². The van der Waals surface area contributed by atoms with Crippen molar-refractivity contribution in [2.24, 2.45) is 0 Å². The van der Waals surface area contributed by atoms with Crippen LogP contribution in [0.15, 0.2) is 78.5 Å². The van der Waals surface area contributed by atoms with E-state index >= 15 is 0 Å². The summed E-state index contributed by atoms with van der Waals surface area (Å²) in [6.07, 6.45) is 0. The van der Waals surface area contributed by atoms with Gasteiger partial charge in [-0.1, -0.05) is 114 Å². The van der Waals surface area contributed by atoms with E-state index in [-0.39, 0.29) is 186 Å². The van der Waals surface area contributed by atoms with Gasteiger partial charge in [0.05, 0.1) is 69.6 Å². The predicted molar refractivity (Wildman–Crippen MR) is 289 cm³/mol. The zero-order chi connectivity index (χ0) is 49.0. The van der Waals surface area contributed by atoms with Crippen molar-refractivity contribution in [1.82, 2.24) is 0 Å². The molecule has 2 aliphatic carbocycles. The van der Waals surface area contributed by atoms with Gasteiger partial charge < -0.3 is 34.1 Å². The van der Waals surface area contributed by atoms with Crippen LogP contribution in [0.3, 0.4) is 0 Å². The van der Waals surface area contributed by atoms with Crippen LogP contribution in [0.25, 0.3) is 66.8 Å². The molecule has 4 aromatic carbocycles. The van der Waals surface area contributed by atoms with Gasteiger partial charge in [0.15, 0.2) is 17.1 Å². The number of phenolic OH excluding ortho intramolecular Hbond substituents is 1. The molecule has 27 heteroatoms. The molecule has 2 N–H and O–H groups in total. The number of carbonyl (C=O) groups is 2. The van der Waals surface area contributed by atoms with E-state index in [1.54, 1.807) is 0 Å². The third kappa shape index (κ3) is 9.75. The van der Waals surface area contributed by atoms with E-state index in [4.69, 9.17) is 102 Å². The number of halogens is 16. The van der Waals surface area contributed by atoms with Crippen molar-refractivity contribution < 1.29 is 38.8 Å². The number of hydrogen-bond acceptors (Lipinski definition) is 9. The zero-order valence-corrected chi connectivity index (χ0v) is 54.4. The van der Waals surface area contributed by atoms with Crippen molar-refractivity contribution in [3.05, 3.63) is 132 Å². The molecule has 0 amide bonds. The van der Waals surface area contributed by atoms with Crippen LogP contribution in [0.4, 0.5) is 0 Å². The average Bonchev–Trinajstić information content (AvgIpc) is 3.26. The molecule has 4 aliphatic rings. The van der Waals surface area contributed by atoms with Crippen LogP contribution in [-0.2, 0) is 0 Å². The Morgan fingerprint density at radius 1 is 0.507 bits per heavy atom. The Balaban J connectivity index is 0.000000218. The number of aromatic hydroxyl groups is 1. The number of hydrogen-bond donors (Lipinski definition) is 2. The normalized spacial score (nSPS) is 11.3. The molecular weight excluding hydrogens is 1700 g/mol. The summed E-state index contributed by atoms with van der Waals surface area (Å²) in [5.74, 6) is -3.60. The Kier molecular flexibility index (Phi) is 18.5. The Morgan fingerprint density at radius 2 is 0.881 bits per heavy atom. The summed E-state index contributed by atoms with van der Waals surface area (Å²) in [5, 5.41) is 43.8. The van der Waals surface area contributed by atoms with Crippen molar-refractivity contribution in [3.63, 3.8) is 0 Å². The number of aromatic carboxylic acids is 2. The van der Waals surface area contributed by atoms with E-state index in [0.717, 1.165) is 0 Å². The molecule has 0 unspecified atom stereocenters. The maximum absolute atomic E-state index is 12.6. The van der Waals surface area contributed by atoms with Crippen LogP contribution in [-0.4, -0.2) is 71.0 Å². The molecular formula is C40H6BaBr8Cl8O10. The van der Waals surface area contributed by atoms with Crippen molar-refractivity contribution in [3.8, 4) is 56.4 Å². The van der Waals surface area contributed by atoms with E-state index in [0.29, 0.717) is 10.9 Å². The number of carboxylic acids is 2. The quantitative estimate of drug-likeness (QED) is 0.0745. The topological polar surface area (TPSA) is 181 Å². The van der Waals surface area contributed by atoms with E-state index in [2.05, 4.69) is 127 Å². The van der Waals surface area contributed by atoms with Gasteiger partial charge >= 0.3 is 54.9 Å². The predicted octanol–water partition coefficient (Wildman–Crippen LogP) is 16.9. The molecule has 0 bridgehead atoms. The smallest absolute Gasteiger partial charge is 0.871 e. The van der Waals surface area contributed by atoms with Gasteiger partial charge in [-0.3, -0.25) is 9.59 Å². The molecule has 0 saturated carbocycles. The van der Waals surface area contributed by atoms with Gasteiger partial charge in [0.25, 0.3) is 0 Å². The minimum absolute atomic E-state index is 0. The third-order valence-corrected chi connectivity index (χ3v) is 18.4. The maximum atomic E-state index is 12.6. The van der Waals surface area contributed by atoms with Gasteiger partial charge in [-0.15, -0.1) is 0 Å². The molecule has 0 fully saturated rings. The second-order valence-corrected chi connectivity index (χ2v) is 22.7. The largest absolute Gasteiger partial charge is 2.00 e. The first-order valence-corrected chi connectivity index (χ1v) is 26.2. The van der Waals surface area contributed by atoms with Crippen molar-refractivity contribution in [2.75, 3.05) is 0 Å². The molecule has 8 rings (SSSR count). The molecule has 2 heterocycles. The van der Waals surface area contributed by atoms with E-state index in [1.807, 2.05) is 0 Å². The molecule has 4 aromatic rings. The molecule has 340 valence electrons. The summed E-state index contributed by atoms with van der Waals surface area (Å²) in [5.41, 5.74) is -0.849. The summed E-state index contributed by atoms with van der Waals surface area (Å²) in [7, 11) is 0. The second kappa shape index (κ2) is 21.8. The summed E-state index contributed by atoms with van der Waals surface area (Å²) in [6, 6.07) is 5.84. The van der Waals surface area contributed by atoms with E-state index < -0.39 is 39.7 Å². The van der Waals surface area contributed by atoms with Crippen molar-refractivity contribution in [2.45, 2.75) is 0 Å². The summed E-state index contributed by atoms with van der Waals surface area (Å²) in [6.45, 7) is 0. The first-order chi connectivity index (χ1) is 30.8. The van der Waals surface area contributed by atoms with Gasteiger partial charge in [0.1, 0.15) is 24.8 Å². The minimum atomic E-state index is -1.67. The number of fused-ring (bicyclic) bond motifs is 4. The Hall–Kier alpha value is 0.531. The maximum Gasteiger partial charge on any atom is 2.00 e. The van der Waals surface area contributed by atoms with E-state index in [9.17, 15) is 39.6 Å². The minimum Gasteiger partial charge on any atom is -0.871 e. The first-order valence-electron chi connectivity index (χ1n) is 16.8. The molecule has 0 spiro atoms. The van der Waals surface area contributed by atoms with Gasteiger partial charge in [0, 0.05) is 54.2 Å². The molecule has 67 heavy (non-hydrogen) atoms. The zero-order valence-electron chi connectivity index (χ0n) is 31.2. The molecule has 0 radical (unpaired) electrons. The number of rotatable bonds is 4. The Bertz CT molecular complexity index is 3380. The van der Waals surface area contributed by atoms with Crippen LogP contribution in [0.5, 0.6) is 11.5 Å². The van der Waals surface area contributed by atoms with Crippen molar-refractivity contribution in [1.29, 1.82) is 0 Å². The van der Waals surface area contributed by atoms with Gasteiger partial charge in [0.2, 0.25) is 10.9 Å². The summed E-state index contributed by atoms with van der Waals surface area (Å²) < 4.78 is 12.9. The molecule has 0 saturated heterocycles. The third-order valence-electron chi connectivity index (χ3n) is 9.48. The van der Waals surface area contributed by atoms with Crippen molar-refractivity contribution >= 4 is 303 Å². The fourth-order valence-electron chi connectivity index (χ4n) is 6.64. The fraction of sp³-hybridized carbons (Fsp3) is 0. The number of carbonyl (C=O) groups excluding carboxylic acids is 1. The standard InChI is InChI=1S/2C20H4Br4Cl4O5.Ba/c2*21-5-1-3-7(8-9(20(31)32)13(26)15(28)14(27)12(8)25)4-2-6(22)17(30)11(24)19(4)33-18(3)10(23)16(5)29;/h2*1-2,29H,(H,31,32);/q;;+2/p-2. The van der Waals surface area contributed by atoms with Gasteiger partial charge in [-0.25, -0.2) is 4.79 Å². The number of phenols is 1. The Labute approximate surface area is 521 Å². The molecule has 0 atom stereocenters. The Morgan fingerprint density at radius 3 is 1.30 bits per heavy atom. The summed E-state index contributed by atoms with van der Waals surface area (Å²) >= 11 is 76.2. The summed E-state index contributed by atoms with van der Waals surface area (Å²) in [4.78, 5) is 49.6.